The molecule has 0 radical (unpaired) electrons. The minimum absolute atomic E-state index is 0.359. The molecule has 0 spiro atoms. The molecule has 1 rings (SSSR count). The highest BCUT2D eigenvalue weighted by molar-refractivity contribution is 7.51. The third kappa shape index (κ3) is 5.00. The second kappa shape index (κ2) is 6.92. The molecule has 0 heterocycles. The van der Waals surface area contributed by atoms with Gasteiger partial charge in [0.1, 0.15) is 0 Å². The SMILES string of the molecule is CCOP(=O)(NCc1ccc(C)cc1)OCC. The molecular formula is C12H20NO3P. The maximum Gasteiger partial charge on any atom is 0.405 e. The molecule has 0 atom stereocenters. The second-order valence-electron chi connectivity index (χ2n) is 3.65. The van der Waals surface area contributed by atoms with E-state index in [0.717, 1.165) is 5.56 Å². The fraction of sp³-hybridized carbons (Fsp3) is 0.500. The number of nitrogens with one attached hydrogen (secondary N) is 1. The van der Waals surface area contributed by atoms with Crippen molar-refractivity contribution in [3.05, 3.63) is 35.4 Å². The van der Waals surface area contributed by atoms with Crippen LogP contribution in [0, 0.1) is 6.92 Å². The van der Waals surface area contributed by atoms with Gasteiger partial charge in [0.25, 0.3) is 0 Å². The Bertz CT molecular complexity index is 368. The number of benzene rings is 1. The topological polar surface area (TPSA) is 47.6 Å². The van der Waals surface area contributed by atoms with Crippen LogP contribution in [0.25, 0.3) is 0 Å². The van der Waals surface area contributed by atoms with Gasteiger partial charge in [-0.1, -0.05) is 29.8 Å². The number of hydrogen-bond donors (Lipinski definition) is 1. The highest BCUT2D eigenvalue weighted by Gasteiger charge is 2.22. The first kappa shape index (κ1) is 14.4. The molecule has 1 aromatic carbocycles. The molecule has 1 aromatic rings. The van der Waals surface area contributed by atoms with E-state index in [2.05, 4.69) is 5.09 Å². The van der Waals surface area contributed by atoms with E-state index in [1.807, 2.05) is 31.2 Å². The first-order chi connectivity index (χ1) is 8.09. The maximum absolute atomic E-state index is 12.1. The smallest absolute Gasteiger partial charge is 0.297 e. The van der Waals surface area contributed by atoms with Crippen LogP contribution in [0.4, 0.5) is 0 Å². The monoisotopic (exact) mass is 257 g/mol. The lowest BCUT2D eigenvalue weighted by molar-refractivity contribution is 0.210. The van der Waals surface area contributed by atoms with E-state index in [-0.39, 0.29) is 0 Å². The lowest BCUT2D eigenvalue weighted by Gasteiger charge is -2.17. The molecule has 0 bridgehead atoms. The van der Waals surface area contributed by atoms with Crippen molar-refractivity contribution in [2.45, 2.75) is 27.3 Å². The van der Waals surface area contributed by atoms with E-state index in [1.54, 1.807) is 13.8 Å². The normalized spacial score (nSPS) is 11.7. The van der Waals surface area contributed by atoms with Gasteiger partial charge in [0, 0.05) is 6.54 Å². The van der Waals surface area contributed by atoms with Gasteiger partial charge in [0.2, 0.25) is 0 Å². The van der Waals surface area contributed by atoms with E-state index in [9.17, 15) is 4.57 Å². The average molecular weight is 257 g/mol. The standard InChI is InChI=1S/C12H20NO3P/c1-4-15-17(14,16-5-2)13-10-12-8-6-11(3)7-9-12/h6-9H,4-5,10H2,1-3H3,(H,13,14). The lowest BCUT2D eigenvalue weighted by atomic mass is 10.2. The molecule has 0 aromatic heterocycles. The summed E-state index contributed by atoms with van der Waals surface area (Å²) in [5.74, 6) is 0. The Hall–Kier alpha value is -0.670. The summed E-state index contributed by atoms with van der Waals surface area (Å²) in [6, 6.07) is 8.02. The first-order valence-corrected chi connectivity index (χ1v) is 7.33. The molecule has 0 fully saturated rings. The molecule has 0 saturated heterocycles. The van der Waals surface area contributed by atoms with Crippen molar-refractivity contribution in [3.63, 3.8) is 0 Å². The van der Waals surface area contributed by atoms with E-state index in [0.29, 0.717) is 19.8 Å². The third-order valence-electron chi connectivity index (χ3n) is 2.20. The number of hydrogen-bond acceptors (Lipinski definition) is 3. The summed E-state index contributed by atoms with van der Waals surface area (Å²) in [7, 11) is -3.15. The van der Waals surface area contributed by atoms with Crippen LogP contribution in [-0.4, -0.2) is 13.2 Å². The Morgan fingerprint density at radius 2 is 1.65 bits per heavy atom. The van der Waals surface area contributed by atoms with E-state index in [4.69, 9.17) is 9.05 Å². The summed E-state index contributed by atoms with van der Waals surface area (Å²) >= 11 is 0. The van der Waals surface area contributed by atoms with Crippen LogP contribution in [0.1, 0.15) is 25.0 Å². The van der Waals surface area contributed by atoms with Crippen LogP contribution < -0.4 is 5.09 Å². The van der Waals surface area contributed by atoms with E-state index >= 15 is 0 Å². The number of rotatable bonds is 7. The molecule has 0 aliphatic rings. The van der Waals surface area contributed by atoms with Gasteiger partial charge in [0.15, 0.2) is 0 Å². The molecule has 17 heavy (non-hydrogen) atoms. The van der Waals surface area contributed by atoms with Crippen LogP contribution >= 0.6 is 7.75 Å². The number of aryl methyl sites for hydroxylation is 1. The molecule has 0 unspecified atom stereocenters. The highest BCUT2D eigenvalue weighted by Crippen LogP contribution is 2.43. The van der Waals surface area contributed by atoms with Crippen molar-refractivity contribution in [2.24, 2.45) is 0 Å². The summed E-state index contributed by atoms with van der Waals surface area (Å²) in [6.07, 6.45) is 0. The van der Waals surface area contributed by atoms with Gasteiger partial charge in [0.05, 0.1) is 13.2 Å². The van der Waals surface area contributed by atoms with E-state index < -0.39 is 7.75 Å². The van der Waals surface area contributed by atoms with Crippen LogP contribution in [0.15, 0.2) is 24.3 Å². The molecule has 1 N–H and O–H groups in total. The Kier molecular flexibility index (Phi) is 5.86. The van der Waals surface area contributed by atoms with Crippen molar-refractivity contribution in [1.82, 2.24) is 5.09 Å². The van der Waals surface area contributed by atoms with Crippen molar-refractivity contribution in [3.8, 4) is 0 Å². The van der Waals surface area contributed by atoms with Gasteiger partial charge in [-0.2, -0.15) is 0 Å². The van der Waals surface area contributed by atoms with Crippen LogP contribution in [0.5, 0.6) is 0 Å². The van der Waals surface area contributed by atoms with Gasteiger partial charge in [-0.05, 0) is 26.3 Å². The zero-order valence-electron chi connectivity index (χ0n) is 10.6. The van der Waals surface area contributed by atoms with Gasteiger partial charge in [-0.15, -0.1) is 0 Å². The highest BCUT2D eigenvalue weighted by atomic mass is 31.2. The van der Waals surface area contributed by atoms with Crippen LogP contribution in [0.3, 0.4) is 0 Å². The molecule has 0 aliphatic carbocycles. The third-order valence-corrected chi connectivity index (χ3v) is 3.94. The summed E-state index contributed by atoms with van der Waals surface area (Å²) < 4.78 is 22.4. The fourth-order valence-corrected chi connectivity index (χ4v) is 2.68. The molecular weight excluding hydrogens is 237 g/mol. The molecule has 0 amide bonds. The Labute approximate surface area is 103 Å². The first-order valence-electron chi connectivity index (χ1n) is 5.79. The quantitative estimate of drug-likeness (QED) is 0.761. The van der Waals surface area contributed by atoms with Crippen LogP contribution in [-0.2, 0) is 20.2 Å². The minimum atomic E-state index is -3.15. The largest absolute Gasteiger partial charge is 0.405 e. The Morgan fingerprint density at radius 3 is 2.12 bits per heavy atom. The second-order valence-corrected chi connectivity index (χ2v) is 5.48. The van der Waals surface area contributed by atoms with Gasteiger partial charge < -0.3 is 0 Å². The van der Waals surface area contributed by atoms with Crippen molar-refractivity contribution >= 4 is 7.75 Å². The molecule has 4 nitrogen and oxygen atoms in total. The minimum Gasteiger partial charge on any atom is -0.297 e. The Balaban J connectivity index is 2.57. The van der Waals surface area contributed by atoms with Crippen molar-refractivity contribution < 1.29 is 13.6 Å². The molecule has 0 saturated carbocycles. The molecule has 96 valence electrons. The average Bonchev–Trinajstić information content (AvgIpc) is 2.29. The van der Waals surface area contributed by atoms with E-state index in [1.165, 1.54) is 5.56 Å². The summed E-state index contributed by atoms with van der Waals surface area (Å²) in [5, 5.41) is 2.84. The summed E-state index contributed by atoms with van der Waals surface area (Å²) in [5.41, 5.74) is 2.25. The van der Waals surface area contributed by atoms with Gasteiger partial charge in [-0.25, -0.2) is 9.65 Å². The summed E-state index contributed by atoms with van der Waals surface area (Å²) in [6.45, 7) is 6.80. The zero-order valence-corrected chi connectivity index (χ0v) is 11.5. The molecule has 5 heteroatoms. The lowest BCUT2D eigenvalue weighted by Crippen LogP contribution is -2.14. The molecule has 0 aliphatic heterocycles. The fourth-order valence-electron chi connectivity index (χ4n) is 1.36. The van der Waals surface area contributed by atoms with Crippen molar-refractivity contribution in [2.75, 3.05) is 13.2 Å². The van der Waals surface area contributed by atoms with Gasteiger partial charge in [-0.3, -0.25) is 9.05 Å². The zero-order chi connectivity index (χ0) is 12.7. The maximum atomic E-state index is 12.1. The van der Waals surface area contributed by atoms with Crippen LogP contribution in [0.2, 0.25) is 0 Å². The Morgan fingerprint density at radius 1 is 1.12 bits per heavy atom. The van der Waals surface area contributed by atoms with Crippen molar-refractivity contribution in [1.29, 1.82) is 0 Å². The summed E-state index contributed by atoms with van der Waals surface area (Å²) in [4.78, 5) is 0. The van der Waals surface area contributed by atoms with Gasteiger partial charge >= 0.3 is 7.75 Å². The predicted molar refractivity (Wildman–Crippen MR) is 68.9 cm³/mol. The predicted octanol–water partition coefficient (Wildman–Crippen LogP) is 3.27.